The standard InChI is InChI=1S/C25H26F4N6O4/c1-24(2,3)39-23(37)35-7-8-38-13-19(35)18-12-34(14-31-18)22-17(26)9-16(11-30-22)33-21(36)10-15-5-4-6-20(32-15)25(27,28)29/h4-6,9,11-12,14,19H,7-8,10,13H2,1-3H3,(H,33,36). The molecule has 208 valence electrons. The van der Waals surface area contributed by atoms with E-state index in [1.54, 1.807) is 20.8 Å². The summed E-state index contributed by atoms with van der Waals surface area (Å²) in [5, 5.41) is 2.40. The number of nitrogens with zero attached hydrogens (tertiary/aromatic N) is 5. The first-order valence-electron chi connectivity index (χ1n) is 11.9. The Morgan fingerprint density at radius 1 is 1.21 bits per heavy atom. The second-order valence-corrected chi connectivity index (χ2v) is 9.74. The average molecular weight is 551 g/mol. The molecule has 14 heteroatoms. The molecule has 1 N–H and O–H groups in total. The van der Waals surface area contributed by atoms with E-state index in [2.05, 4.69) is 20.3 Å². The molecule has 3 aromatic rings. The Kier molecular flexibility index (Phi) is 7.86. The van der Waals surface area contributed by atoms with E-state index in [0.717, 1.165) is 18.2 Å². The summed E-state index contributed by atoms with van der Waals surface area (Å²) in [4.78, 5) is 38.3. The Hall–Kier alpha value is -4.07. The monoisotopic (exact) mass is 550 g/mol. The number of morpholine rings is 1. The number of nitrogens with one attached hydrogen (secondary N) is 1. The van der Waals surface area contributed by atoms with Crippen molar-refractivity contribution in [2.24, 2.45) is 0 Å². The molecular formula is C25H26F4N6O4. The normalized spacial score (nSPS) is 16.2. The lowest BCUT2D eigenvalue weighted by molar-refractivity contribution is -0.141. The highest BCUT2D eigenvalue weighted by Gasteiger charge is 2.34. The number of hydrogen-bond acceptors (Lipinski definition) is 7. The summed E-state index contributed by atoms with van der Waals surface area (Å²) in [6.07, 6.45) is -1.56. The molecule has 2 amide bonds. The Morgan fingerprint density at radius 2 is 1.97 bits per heavy atom. The van der Waals surface area contributed by atoms with Crippen LogP contribution in [-0.2, 0) is 26.9 Å². The van der Waals surface area contributed by atoms with Crippen LogP contribution in [0.2, 0.25) is 0 Å². The van der Waals surface area contributed by atoms with E-state index in [1.807, 2.05) is 0 Å². The number of amides is 2. The van der Waals surface area contributed by atoms with Gasteiger partial charge in [-0.05, 0) is 32.9 Å². The SMILES string of the molecule is CC(C)(C)OC(=O)N1CCOCC1c1cn(-c2ncc(NC(=O)Cc3cccc(C(F)(F)F)n3)cc2F)cn1. The molecule has 0 radical (unpaired) electrons. The summed E-state index contributed by atoms with van der Waals surface area (Å²) in [7, 11) is 0. The predicted octanol–water partition coefficient (Wildman–Crippen LogP) is 4.31. The van der Waals surface area contributed by atoms with Crippen LogP contribution < -0.4 is 5.32 Å². The second kappa shape index (κ2) is 11.0. The van der Waals surface area contributed by atoms with Gasteiger partial charge < -0.3 is 14.8 Å². The van der Waals surface area contributed by atoms with Crippen LogP contribution in [0, 0.1) is 5.82 Å². The van der Waals surface area contributed by atoms with Crippen LogP contribution >= 0.6 is 0 Å². The minimum absolute atomic E-state index is 0.00495. The fourth-order valence-corrected chi connectivity index (χ4v) is 3.81. The highest BCUT2D eigenvalue weighted by Crippen LogP contribution is 2.28. The molecule has 1 unspecified atom stereocenters. The summed E-state index contributed by atoms with van der Waals surface area (Å²) < 4.78 is 65.8. The zero-order valence-corrected chi connectivity index (χ0v) is 21.3. The minimum atomic E-state index is -4.64. The molecule has 10 nitrogen and oxygen atoms in total. The molecule has 4 rings (SSSR count). The van der Waals surface area contributed by atoms with E-state index in [-0.39, 0.29) is 23.8 Å². The molecule has 0 bridgehead atoms. The molecular weight excluding hydrogens is 524 g/mol. The van der Waals surface area contributed by atoms with Gasteiger partial charge in [0.05, 0.1) is 42.9 Å². The number of imidazole rings is 1. The number of ether oxygens (including phenoxy) is 2. The van der Waals surface area contributed by atoms with E-state index in [0.29, 0.717) is 18.8 Å². The molecule has 3 aromatic heterocycles. The molecule has 1 aliphatic rings. The van der Waals surface area contributed by atoms with Gasteiger partial charge in [-0.1, -0.05) is 6.07 Å². The first-order valence-corrected chi connectivity index (χ1v) is 11.9. The lowest BCUT2D eigenvalue weighted by Gasteiger charge is -2.35. The maximum absolute atomic E-state index is 14.9. The Bertz CT molecular complexity index is 1350. The summed E-state index contributed by atoms with van der Waals surface area (Å²) in [5.41, 5.74) is -1.45. The highest BCUT2D eigenvalue weighted by molar-refractivity contribution is 5.91. The fourth-order valence-electron chi connectivity index (χ4n) is 3.81. The largest absolute Gasteiger partial charge is 0.444 e. The predicted molar refractivity (Wildman–Crippen MR) is 129 cm³/mol. The van der Waals surface area contributed by atoms with Gasteiger partial charge in [-0.15, -0.1) is 0 Å². The summed E-state index contributed by atoms with van der Waals surface area (Å²) in [5.74, 6) is -1.61. The lowest BCUT2D eigenvalue weighted by atomic mass is 10.1. The molecule has 0 aliphatic carbocycles. The third-order valence-corrected chi connectivity index (χ3v) is 5.49. The molecule has 0 saturated carbocycles. The van der Waals surface area contributed by atoms with E-state index in [9.17, 15) is 27.2 Å². The van der Waals surface area contributed by atoms with Gasteiger partial charge in [0.15, 0.2) is 11.6 Å². The van der Waals surface area contributed by atoms with Crippen molar-refractivity contribution in [1.82, 2.24) is 24.4 Å². The van der Waals surface area contributed by atoms with Gasteiger partial charge in [0.25, 0.3) is 0 Å². The average Bonchev–Trinajstić information content (AvgIpc) is 3.32. The maximum atomic E-state index is 14.9. The van der Waals surface area contributed by atoms with Crippen molar-refractivity contribution in [3.05, 3.63) is 65.9 Å². The van der Waals surface area contributed by atoms with Crippen molar-refractivity contribution in [2.45, 2.75) is 45.0 Å². The molecule has 0 aromatic carbocycles. The van der Waals surface area contributed by atoms with Gasteiger partial charge in [-0.3, -0.25) is 14.3 Å². The van der Waals surface area contributed by atoms with Crippen LogP contribution in [0.3, 0.4) is 0 Å². The Morgan fingerprint density at radius 3 is 2.67 bits per heavy atom. The van der Waals surface area contributed by atoms with Gasteiger partial charge in [-0.25, -0.2) is 24.1 Å². The number of carbonyl (C=O) groups excluding carboxylic acids is 2. The van der Waals surface area contributed by atoms with Gasteiger partial charge in [0, 0.05) is 18.8 Å². The van der Waals surface area contributed by atoms with E-state index >= 15 is 0 Å². The van der Waals surface area contributed by atoms with Crippen LogP contribution in [0.4, 0.5) is 28.0 Å². The number of pyridine rings is 2. The topological polar surface area (TPSA) is 111 Å². The van der Waals surface area contributed by atoms with E-state index in [4.69, 9.17) is 9.47 Å². The van der Waals surface area contributed by atoms with Gasteiger partial charge in [0.1, 0.15) is 23.7 Å². The van der Waals surface area contributed by atoms with Crippen LogP contribution in [0.25, 0.3) is 5.82 Å². The number of hydrogen-bond donors (Lipinski definition) is 1. The minimum Gasteiger partial charge on any atom is -0.444 e. The highest BCUT2D eigenvalue weighted by atomic mass is 19.4. The maximum Gasteiger partial charge on any atom is 0.433 e. The third kappa shape index (κ3) is 7.07. The zero-order valence-electron chi connectivity index (χ0n) is 21.3. The zero-order chi connectivity index (χ0) is 28.4. The first-order chi connectivity index (χ1) is 18.3. The summed E-state index contributed by atoms with van der Waals surface area (Å²) >= 11 is 0. The number of alkyl halides is 3. The van der Waals surface area contributed by atoms with Crippen LogP contribution in [0.1, 0.15) is 43.9 Å². The van der Waals surface area contributed by atoms with Crippen molar-refractivity contribution >= 4 is 17.7 Å². The second-order valence-electron chi connectivity index (χ2n) is 9.74. The van der Waals surface area contributed by atoms with Crippen molar-refractivity contribution < 1.29 is 36.6 Å². The Balaban J connectivity index is 1.45. The smallest absolute Gasteiger partial charge is 0.433 e. The van der Waals surface area contributed by atoms with Crippen molar-refractivity contribution in [3.63, 3.8) is 0 Å². The Labute approximate surface area is 221 Å². The molecule has 1 saturated heterocycles. The van der Waals surface area contributed by atoms with E-state index in [1.165, 1.54) is 34.3 Å². The summed E-state index contributed by atoms with van der Waals surface area (Å²) in [6, 6.07) is 3.71. The summed E-state index contributed by atoms with van der Waals surface area (Å²) in [6.45, 7) is 6.10. The van der Waals surface area contributed by atoms with Gasteiger partial charge >= 0.3 is 12.3 Å². The van der Waals surface area contributed by atoms with Gasteiger partial charge in [0.2, 0.25) is 5.91 Å². The van der Waals surface area contributed by atoms with Crippen molar-refractivity contribution in [2.75, 3.05) is 25.1 Å². The van der Waals surface area contributed by atoms with Crippen molar-refractivity contribution in [1.29, 1.82) is 0 Å². The number of carbonyl (C=O) groups is 2. The molecule has 0 spiro atoms. The number of halogens is 4. The molecule has 1 fully saturated rings. The molecule has 1 aliphatic heterocycles. The molecule has 1 atom stereocenters. The lowest BCUT2D eigenvalue weighted by Crippen LogP contribution is -2.45. The van der Waals surface area contributed by atoms with Crippen LogP contribution in [0.5, 0.6) is 0 Å². The van der Waals surface area contributed by atoms with E-state index < -0.39 is 47.8 Å². The third-order valence-electron chi connectivity index (χ3n) is 5.49. The molecule has 39 heavy (non-hydrogen) atoms. The molecule has 4 heterocycles. The number of rotatable bonds is 5. The number of aromatic nitrogens is 4. The fraction of sp³-hybridized carbons (Fsp3) is 0.400. The number of anilines is 1. The van der Waals surface area contributed by atoms with Gasteiger partial charge in [-0.2, -0.15) is 13.2 Å². The van der Waals surface area contributed by atoms with Crippen molar-refractivity contribution in [3.8, 4) is 5.82 Å². The first kappa shape index (κ1) is 28.0. The quantitative estimate of drug-likeness (QED) is 0.472. The van der Waals surface area contributed by atoms with Crippen LogP contribution in [0.15, 0.2) is 43.0 Å². The van der Waals surface area contributed by atoms with Crippen LogP contribution in [-0.4, -0.2) is 61.8 Å².